The largest absolute Gasteiger partial charge is 0.496 e. The second-order valence-electron chi connectivity index (χ2n) is 9.47. The predicted octanol–water partition coefficient (Wildman–Crippen LogP) is 7.77. The fourth-order valence-corrected chi connectivity index (χ4v) is 6.11. The number of methoxy groups -OCH3 is 1. The maximum absolute atomic E-state index is 9.86. The lowest BCUT2D eigenvalue weighted by molar-refractivity contribution is 0.420. The van der Waals surface area contributed by atoms with Crippen LogP contribution in [0.4, 0.5) is 0 Å². The van der Waals surface area contributed by atoms with E-state index in [1.165, 1.54) is 11.1 Å². The molecule has 0 atom stereocenters. The minimum absolute atomic E-state index is 0.517. The summed E-state index contributed by atoms with van der Waals surface area (Å²) in [4.78, 5) is 0. The number of aromatic nitrogens is 1. The van der Waals surface area contributed by atoms with Gasteiger partial charge in [0.1, 0.15) is 5.75 Å². The van der Waals surface area contributed by atoms with Crippen molar-refractivity contribution in [3.63, 3.8) is 0 Å². The highest BCUT2D eigenvalue weighted by atomic mass is 16.5. The zero-order valence-corrected chi connectivity index (χ0v) is 20.7. The highest BCUT2D eigenvalue weighted by Crippen LogP contribution is 2.46. The number of hydrogen-bond acceptors (Lipinski definition) is 3. The molecule has 0 amide bonds. The summed E-state index contributed by atoms with van der Waals surface area (Å²) in [7, 11) is 1.72. The number of para-hydroxylation sites is 1. The first-order valence-electron chi connectivity index (χ1n) is 12.5. The van der Waals surface area contributed by atoms with E-state index in [4.69, 9.17) is 4.74 Å². The Morgan fingerprint density at radius 2 is 1.29 bits per heavy atom. The zero-order chi connectivity index (χ0) is 25.8. The van der Waals surface area contributed by atoms with Gasteiger partial charge in [0.2, 0.25) is 0 Å². The summed E-state index contributed by atoms with van der Waals surface area (Å²) >= 11 is 0. The maximum Gasteiger partial charge on any atom is 0.128 e. The Morgan fingerprint density at radius 3 is 2.05 bits per heavy atom. The normalized spacial score (nSPS) is 11.7. The van der Waals surface area contributed by atoms with Gasteiger partial charge in [0.25, 0.3) is 0 Å². The molecule has 4 nitrogen and oxygen atoms in total. The molecule has 1 heterocycles. The SMILES string of the molecule is COc1cccc2c1c1ccccc1n2-c1cccc2c1Cc1c-2cccc1-c1c(C#N)cccc1C#N. The van der Waals surface area contributed by atoms with Crippen LogP contribution in [0.3, 0.4) is 0 Å². The Morgan fingerprint density at radius 1 is 0.658 bits per heavy atom. The standard InChI is InChI=1S/C34H21N3O/c1-38-32-17-7-16-31-34(32)26-10-2-3-14-29(26)37(31)30-15-6-12-24-23-11-5-13-25(27(23)18-28(24)30)33-21(19-35)8-4-9-22(33)20-36/h2-17H,18H2,1H3. The fourth-order valence-electron chi connectivity index (χ4n) is 6.11. The molecule has 0 unspecified atom stereocenters. The number of benzene rings is 5. The Hall–Kier alpha value is -5.32. The van der Waals surface area contributed by atoms with E-state index >= 15 is 0 Å². The average molecular weight is 488 g/mol. The average Bonchev–Trinajstić information content (AvgIpc) is 3.53. The van der Waals surface area contributed by atoms with Crippen LogP contribution < -0.4 is 4.74 Å². The number of rotatable bonds is 3. The third-order valence-corrected chi connectivity index (χ3v) is 7.67. The van der Waals surface area contributed by atoms with Crippen molar-refractivity contribution < 1.29 is 4.74 Å². The Bertz CT molecular complexity index is 1980. The molecule has 5 aromatic carbocycles. The first-order valence-corrected chi connectivity index (χ1v) is 12.5. The van der Waals surface area contributed by atoms with E-state index in [9.17, 15) is 10.5 Å². The Kier molecular flexibility index (Phi) is 4.83. The molecule has 1 aliphatic rings. The molecule has 1 aliphatic carbocycles. The molecular formula is C34H21N3O. The van der Waals surface area contributed by atoms with Crippen LogP contribution in [0.15, 0.2) is 97.1 Å². The Labute approximate surface area is 220 Å². The minimum atomic E-state index is 0.517. The van der Waals surface area contributed by atoms with Gasteiger partial charge in [-0.1, -0.05) is 60.7 Å². The molecular weight excluding hydrogens is 466 g/mol. The quantitative estimate of drug-likeness (QED) is 0.256. The maximum atomic E-state index is 9.86. The highest BCUT2D eigenvalue weighted by Gasteiger charge is 2.27. The van der Waals surface area contributed by atoms with E-state index in [0.717, 1.165) is 49.9 Å². The van der Waals surface area contributed by atoms with Gasteiger partial charge in [-0.25, -0.2) is 0 Å². The molecule has 0 radical (unpaired) electrons. The van der Waals surface area contributed by atoms with Crippen molar-refractivity contribution in [2.45, 2.75) is 6.42 Å². The van der Waals surface area contributed by atoms with Crippen LogP contribution in [0.2, 0.25) is 0 Å². The lowest BCUT2D eigenvalue weighted by atomic mass is 9.90. The van der Waals surface area contributed by atoms with E-state index in [-0.39, 0.29) is 0 Å². The van der Waals surface area contributed by atoms with Crippen LogP contribution in [0.5, 0.6) is 5.75 Å². The number of ether oxygens (including phenoxy) is 1. The van der Waals surface area contributed by atoms with Gasteiger partial charge in [-0.05, 0) is 64.2 Å². The van der Waals surface area contributed by atoms with Crippen LogP contribution in [0.25, 0.3) is 49.7 Å². The molecule has 6 aromatic rings. The van der Waals surface area contributed by atoms with Crippen LogP contribution in [0, 0.1) is 22.7 Å². The third kappa shape index (κ3) is 2.95. The smallest absolute Gasteiger partial charge is 0.128 e. The van der Waals surface area contributed by atoms with Gasteiger partial charge in [0.15, 0.2) is 0 Å². The molecule has 0 fully saturated rings. The van der Waals surface area contributed by atoms with E-state index < -0.39 is 0 Å². The number of nitriles is 2. The van der Waals surface area contributed by atoms with Crippen LogP contribution >= 0.6 is 0 Å². The van der Waals surface area contributed by atoms with Gasteiger partial charge < -0.3 is 9.30 Å². The van der Waals surface area contributed by atoms with Crippen molar-refractivity contribution in [3.05, 3.63) is 119 Å². The summed E-state index contributed by atoms with van der Waals surface area (Å²) < 4.78 is 8.11. The van der Waals surface area contributed by atoms with Crippen molar-refractivity contribution >= 4 is 21.8 Å². The Balaban J connectivity index is 1.50. The number of nitrogens with zero attached hydrogens (tertiary/aromatic N) is 3. The molecule has 1 aromatic heterocycles. The molecule has 38 heavy (non-hydrogen) atoms. The van der Waals surface area contributed by atoms with Crippen molar-refractivity contribution in [3.8, 4) is 45.8 Å². The summed E-state index contributed by atoms with van der Waals surface area (Å²) in [6.45, 7) is 0. The van der Waals surface area contributed by atoms with Crippen molar-refractivity contribution in [2.24, 2.45) is 0 Å². The number of hydrogen-bond donors (Lipinski definition) is 0. The summed E-state index contributed by atoms with van der Waals surface area (Å²) in [5, 5.41) is 22.0. The molecule has 178 valence electrons. The van der Waals surface area contributed by atoms with Gasteiger partial charge in [-0.3, -0.25) is 0 Å². The van der Waals surface area contributed by atoms with Gasteiger partial charge in [0.05, 0.1) is 47.1 Å². The van der Waals surface area contributed by atoms with Crippen LogP contribution in [-0.2, 0) is 6.42 Å². The molecule has 4 heteroatoms. The summed E-state index contributed by atoms with van der Waals surface area (Å²) in [5.74, 6) is 0.854. The van der Waals surface area contributed by atoms with E-state index in [1.807, 2.05) is 24.3 Å². The second kappa shape index (κ2) is 8.37. The lowest BCUT2D eigenvalue weighted by Crippen LogP contribution is -1.99. The summed E-state index contributed by atoms with van der Waals surface area (Å²) in [6, 6.07) is 37.2. The van der Waals surface area contributed by atoms with Gasteiger partial charge in [-0.15, -0.1) is 0 Å². The zero-order valence-electron chi connectivity index (χ0n) is 20.7. The van der Waals surface area contributed by atoms with Crippen LogP contribution in [-0.4, -0.2) is 11.7 Å². The van der Waals surface area contributed by atoms with Crippen molar-refractivity contribution in [1.82, 2.24) is 4.57 Å². The topological polar surface area (TPSA) is 61.7 Å². The second-order valence-corrected chi connectivity index (χ2v) is 9.47. The first kappa shape index (κ1) is 21.9. The van der Waals surface area contributed by atoms with Gasteiger partial charge in [0, 0.05) is 22.8 Å². The minimum Gasteiger partial charge on any atom is -0.496 e. The van der Waals surface area contributed by atoms with E-state index in [0.29, 0.717) is 23.1 Å². The van der Waals surface area contributed by atoms with Gasteiger partial charge >= 0.3 is 0 Å². The van der Waals surface area contributed by atoms with E-state index in [2.05, 4.69) is 71.3 Å². The molecule has 0 N–H and O–H groups in total. The molecule has 0 bridgehead atoms. The molecule has 0 aliphatic heterocycles. The first-order chi connectivity index (χ1) is 18.7. The predicted molar refractivity (Wildman–Crippen MR) is 150 cm³/mol. The number of fused-ring (bicyclic) bond motifs is 6. The monoisotopic (exact) mass is 487 g/mol. The molecule has 0 spiro atoms. The van der Waals surface area contributed by atoms with Crippen molar-refractivity contribution in [2.75, 3.05) is 7.11 Å². The fraction of sp³-hybridized carbons (Fsp3) is 0.0588. The lowest BCUT2D eigenvalue weighted by Gasteiger charge is -2.13. The third-order valence-electron chi connectivity index (χ3n) is 7.67. The van der Waals surface area contributed by atoms with Crippen molar-refractivity contribution in [1.29, 1.82) is 10.5 Å². The highest BCUT2D eigenvalue weighted by molar-refractivity contribution is 6.12. The summed E-state index contributed by atoms with van der Waals surface area (Å²) in [6.07, 6.45) is 0.708. The molecule has 0 saturated carbocycles. The van der Waals surface area contributed by atoms with E-state index in [1.54, 1.807) is 25.3 Å². The van der Waals surface area contributed by atoms with Gasteiger partial charge in [-0.2, -0.15) is 10.5 Å². The molecule has 0 saturated heterocycles. The van der Waals surface area contributed by atoms with Crippen LogP contribution in [0.1, 0.15) is 22.3 Å². The summed E-state index contributed by atoms with van der Waals surface area (Å²) in [5.41, 5.74) is 10.7. The molecule has 7 rings (SSSR count).